The van der Waals surface area contributed by atoms with Gasteiger partial charge in [-0.05, 0) is 19.8 Å². The van der Waals surface area contributed by atoms with Gasteiger partial charge in [0, 0.05) is 25.2 Å². The topological polar surface area (TPSA) is 75.4 Å². The van der Waals surface area contributed by atoms with E-state index in [4.69, 9.17) is 0 Å². The minimum absolute atomic E-state index is 0.0341. The summed E-state index contributed by atoms with van der Waals surface area (Å²) in [4.78, 5) is 25.1. The number of rotatable bonds is 3. The third kappa shape index (κ3) is 2.34. The summed E-state index contributed by atoms with van der Waals surface area (Å²) in [5.41, 5.74) is 0.678. The van der Waals surface area contributed by atoms with Crippen LogP contribution in [-0.2, 0) is 16.1 Å². The highest BCUT2D eigenvalue weighted by Crippen LogP contribution is 2.33. The number of carbonyl (C=O) groups excluding carboxylic acids is 1. The van der Waals surface area contributed by atoms with Gasteiger partial charge < -0.3 is 10.0 Å². The summed E-state index contributed by atoms with van der Waals surface area (Å²) >= 11 is 0. The molecule has 19 heavy (non-hydrogen) atoms. The third-order valence-electron chi connectivity index (χ3n) is 3.81. The van der Waals surface area contributed by atoms with Crippen LogP contribution < -0.4 is 4.90 Å². The maximum atomic E-state index is 12.2. The molecule has 104 valence electrons. The lowest BCUT2D eigenvalue weighted by molar-refractivity contribution is -0.146. The zero-order chi connectivity index (χ0) is 14.2. The van der Waals surface area contributed by atoms with Crippen LogP contribution in [0.2, 0.25) is 0 Å². The van der Waals surface area contributed by atoms with E-state index < -0.39 is 11.9 Å². The molecule has 0 radical (unpaired) electrons. The Morgan fingerprint density at radius 3 is 2.74 bits per heavy atom. The summed E-state index contributed by atoms with van der Waals surface area (Å²) in [6.07, 6.45) is 3.66. The zero-order valence-corrected chi connectivity index (χ0v) is 11.4. The smallest absolute Gasteiger partial charge is 0.308 e. The quantitative estimate of drug-likeness (QED) is 0.895. The van der Waals surface area contributed by atoms with Gasteiger partial charge in [0.05, 0.1) is 17.8 Å². The summed E-state index contributed by atoms with van der Waals surface area (Å²) in [5, 5.41) is 13.5. The number of hydrogen-bond acceptors (Lipinski definition) is 3. The Morgan fingerprint density at radius 1 is 1.53 bits per heavy atom. The second-order valence-electron chi connectivity index (χ2n) is 5.10. The molecule has 1 aromatic heterocycles. The molecule has 1 saturated heterocycles. The summed E-state index contributed by atoms with van der Waals surface area (Å²) < 4.78 is 1.73. The van der Waals surface area contributed by atoms with Crippen molar-refractivity contribution >= 4 is 17.6 Å². The largest absolute Gasteiger partial charge is 0.481 e. The van der Waals surface area contributed by atoms with Crippen molar-refractivity contribution in [3.8, 4) is 0 Å². The van der Waals surface area contributed by atoms with Gasteiger partial charge in [-0.2, -0.15) is 5.10 Å². The fourth-order valence-electron chi connectivity index (χ4n) is 2.84. The lowest BCUT2D eigenvalue weighted by Gasteiger charge is -2.39. The number of hydrogen-bond donors (Lipinski definition) is 1. The first-order valence-corrected chi connectivity index (χ1v) is 6.53. The molecule has 0 aromatic carbocycles. The van der Waals surface area contributed by atoms with E-state index in [1.165, 1.54) is 0 Å². The first-order valence-electron chi connectivity index (χ1n) is 6.53. The minimum atomic E-state index is -0.847. The Balaban J connectivity index is 2.32. The van der Waals surface area contributed by atoms with Crippen molar-refractivity contribution in [2.45, 2.75) is 39.8 Å². The molecule has 6 heteroatoms. The van der Waals surface area contributed by atoms with Crippen molar-refractivity contribution < 1.29 is 14.7 Å². The van der Waals surface area contributed by atoms with Crippen LogP contribution in [0.25, 0.3) is 0 Å². The number of amides is 1. The summed E-state index contributed by atoms with van der Waals surface area (Å²) in [6.45, 7) is 6.28. The van der Waals surface area contributed by atoms with E-state index in [2.05, 4.69) is 5.10 Å². The molecule has 2 rings (SSSR count). The number of aryl methyl sites for hydroxylation is 1. The van der Waals surface area contributed by atoms with Gasteiger partial charge in [0.15, 0.2) is 0 Å². The van der Waals surface area contributed by atoms with Gasteiger partial charge in [-0.3, -0.25) is 14.3 Å². The van der Waals surface area contributed by atoms with E-state index in [9.17, 15) is 14.7 Å². The molecule has 1 aromatic rings. The molecule has 1 amide bonds. The van der Waals surface area contributed by atoms with Gasteiger partial charge in [-0.15, -0.1) is 0 Å². The maximum Gasteiger partial charge on any atom is 0.308 e. The van der Waals surface area contributed by atoms with E-state index in [1.807, 2.05) is 13.8 Å². The number of piperidine rings is 1. The predicted molar refractivity (Wildman–Crippen MR) is 69.8 cm³/mol. The molecule has 1 aliphatic heterocycles. The highest BCUT2D eigenvalue weighted by molar-refractivity contribution is 5.96. The zero-order valence-electron chi connectivity index (χ0n) is 11.4. The van der Waals surface area contributed by atoms with Crippen molar-refractivity contribution in [1.29, 1.82) is 0 Å². The highest BCUT2D eigenvalue weighted by atomic mass is 16.4. The molecule has 6 nitrogen and oxygen atoms in total. The summed E-state index contributed by atoms with van der Waals surface area (Å²) in [7, 11) is 0. The van der Waals surface area contributed by atoms with Gasteiger partial charge in [0.1, 0.15) is 0 Å². The summed E-state index contributed by atoms with van der Waals surface area (Å²) in [5.74, 6) is -1.56. The SMILES string of the molecule is CCn1cc(N2C(=O)CC(C)C(C(=O)O)C2C)cn1. The molecule has 0 aliphatic carbocycles. The number of carbonyl (C=O) groups is 2. The second kappa shape index (κ2) is 5.03. The van der Waals surface area contributed by atoms with Gasteiger partial charge in [-0.1, -0.05) is 6.92 Å². The second-order valence-corrected chi connectivity index (χ2v) is 5.10. The molecular formula is C13H19N3O3. The summed E-state index contributed by atoms with van der Waals surface area (Å²) in [6, 6.07) is -0.358. The van der Waals surface area contributed by atoms with Crippen LogP contribution >= 0.6 is 0 Å². The first kappa shape index (κ1) is 13.6. The van der Waals surface area contributed by atoms with Crippen LogP contribution in [0.3, 0.4) is 0 Å². The average molecular weight is 265 g/mol. The van der Waals surface area contributed by atoms with Crippen LogP contribution in [-0.4, -0.2) is 32.8 Å². The van der Waals surface area contributed by atoms with Crippen molar-refractivity contribution in [2.24, 2.45) is 11.8 Å². The van der Waals surface area contributed by atoms with E-state index >= 15 is 0 Å². The van der Waals surface area contributed by atoms with Crippen molar-refractivity contribution in [3.63, 3.8) is 0 Å². The first-order chi connectivity index (χ1) is 8.95. The monoisotopic (exact) mass is 265 g/mol. The van der Waals surface area contributed by atoms with E-state index in [0.717, 1.165) is 6.54 Å². The highest BCUT2D eigenvalue weighted by Gasteiger charge is 2.42. The van der Waals surface area contributed by atoms with E-state index in [-0.39, 0.29) is 24.3 Å². The number of anilines is 1. The van der Waals surface area contributed by atoms with Gasteiger partial charge in [-0.25, -0.2) is 0 Å². The number of carboxylic acids is 1. The van der Waals surface area contributed by atoms with E-state index in [1.54, 1.807) is 28.9 Å². The number of nitrogens with zero attached hydrogens (tertiary/aromatic N) is 3. The van der Waals surface area contributed by atoms with Crippen molar-refractivity contribution in [2.75, 3.05) is 4.90 Å². The van der Waals surface area contributed by atoms with Crippen molar-refractivity contribution in [3.05, 3.63) is 12.4 Å². The van der Waals surface area contributed by atoms with Crippen LogP contribution in [0.15, 0.2) is 12.4 Å². The normalized spacial score (nSPS) is 27.6. The average Bonchev–Trinajstić information content (AvgIpc) is 2.76. The Bertz CT molecular complexity index is 497. The predicted octanol–water partition coefficient (Wildman–Crippen LogP) is 1.37. The minimum Gasteiger partial charge on any atom is -0.481 e. The Labute approximate surface area is 112 Å². The molecular weight excluding hydrogens is 246 g/mol. The third-order valence-corrected chi connectivity index (χ3v) is 3.81. The fraction of sp³-hybridized carbons (Fsp3) is 0.615. The number of carboxylic acid groups (broad SMARTS) is 1. The Hall–Kier alpha value is -1.85. The maximum absolute atomic E-state index is 12.2. The Kier molecular flexibility index (Phi) is 3.59. The molecule has 1 fully saturated rings. The lowest BCUT2D eigenvalue weighted by atomic mass is 9.81. The van der Waals surface area contributed by atoms with Gasteiger partial charge in [0.2, 0.25) is 5.91 Å². The number of aromatic nitrogens is 2. The van der Waals surface area contributed by atoms with Crippen LogP contribution in [0, 0.1) is 11.8 Å². The molecule has 3 unspecified atom stereocenters. The van der Waals surface area contributed by atoms with Gasteiger partial charge in [0.25, 0.3) is 0 Å². The molecule has 2 heterocycles. The fourth-order valence-corrected chi connectivity index (χ4v) is 2.84. The van der Waals surface area contributed by atoms with Crippen molar-refractivity contribution in [1.82, 2.24) is 9.78 Å². The van der Waals surface area contributed by atoms with Crippen LogP contribution in [0.5, 0.6) is 0 Å². The standard InChI is InChI=1S/C13H19N3O3/c1-4-15-7-10(6-14-15)16-9(3)12(13(18)19)8(2)5-11(16)17/h6-9,12H,4-5H2,1-3H3,(H,18,19). The lowest BCUT2D eigenvalue weighted by Crippen LogP contribution is -2.53. The molecule has 0 saturated carbocycles. The molecule has 1 N–H and O–H groups in total. The molecule has 0 bridgehead atoms. The Morgan fingerprint density at radius 2 is 2.21 bits per heavy atom. The molecule has 3 atom stereocenters. The van der Waals surface area contributed by atoms with Gasteiger partial charge >= 0.3 is 5.97 Å². The van der Waals surface area contributed by atoms with Crippen LogP contribution in [0.1, 0.15) is 27.2 Å². The van der Waals surface area contributed by atoms with Crippen LogP contribution in [0.4, 0.5) is 5.69 Å². The molecule has 1 aliphatic rings. The molecule has 0 spiro atoms. The van der Waals surface area contributed by atoms with E-state index in [0.29, 0.717) is 5.69 Å². The number of aliphatic carboxylic acids is 1.